The van der Waals surface area contributed by atoms with Crippen LogP contribution in [-0.2, 0) is 0 Å². The highest BCUT2D eigenvalue weighted by atomic mass is 16.3. The summed E-state index contributed by atoms with van der Waals surface area (Å²) >= 11 is 0. The summed E-state index contributed by atoms with van der Waals surface area (Å²) in [5.41, 5.74) is 2.42. The molecule has 0 unspecified atom stereocenters. The molecule has 0 amide bonds. The van der Waals surface area contributed by atoms with Gasteiger partial charge in [-0.25, -0.2) is 4.68 Å². The quantitative estimate of drug-likeness (QED) is 0.562. The predicted octanol–water partition coefficient (Wildman–Crippen LogP) is 1.37. The van der Waals surface area contributed by atoms with Crippen molar-refractivity contribution in [3.05, 3.63) is 47.5 Å². The van der Waals surface area contributed by atoms with Crippen LogP contribution in [0.25, 0.3) is 5.95 Å². The molecule has 22 heavy (non-hydrogen) atoms. The minimum atomic E-state index is -0.202. The lowest BCUT2D eigenvalue weighted by Gasteiger charge is -2.02. The van der Waals surface area contributed by atoms with E-state index in [4.69, 9.17) is 0 Å². The fourth-order valence-corrected chi connectivity index (χ4v) is 2.03. The fourth-order valence-electron chi connectivity index (χ4n) is 2.03. The Kier molecular flexibility index (Phi) is 3.34. The Morgan fingerprint density at radius 2 is 1.95 bits per heavy atom. The van der Waals surface area contributed by atoms with E-state index in [0.29, 0.717) is 11.5 Å². The maximum atomic E-state index is 9.47. The number of aromatic hydroxyl groups is 2. The maximum absolute atomic E-state index is 9.47. The third kappa shape index (κ3) is 2.53. The molecule has 0 atom stereocenters. The molecule has 2 N–H and O–H groups in total. The third-order valence-electron chi connectivity index (χ3n) is 3.04. The van der Waals surface area contributed by atoms with E-state index in [1.54, 1.807) is 10.7 Å². The first-order valence-electron chi connectivity index (χ1n) is 6.54. The molecule has 0 aliphatic heterocycles. The molecule has 3 aromatic rings. The highest BCUT2D eigenvalue weighted by Crippen LogP contribution is 2.24. The maximum Gasteiger partial charge on any atom is 0.273 e. The zero-order valence-electron chi connectivity index (χ0n) is 12.0. The van der Waals surface area contributed by atoms with Gasteiger partial charge >= 0.3 is 0 Å². The topological polar surface area (TPSA) is 101 Å². The summed E-state index contributed by atoms with van der Waals surface area (Å²) in [5.74, 6) is 0.0844. The number of rotatable bonds is 3. The van der Waals surface area contributed by atoms with Gasteiger partial charge in [0.2, 0.25) is 0 Å². The molecule has 3 rings (SSSR count). The van der Waals surface area contributed by atoms with Gasteiger partial charge in [-0.05, 0) is 43.7 Å². The molecule has 112 valence electrons. The molecule has 0 bridgehead atoms. The molecule has 0 saturated heterocycles. The first-order chi connectivity index (χ1) is 10.5. The van der Waals surface area contributed by atoms with Crippen molar-refractivity contribution >= 4 is 6.21 Å². The average Bonchev–Trinajstić information content (AvgIpc) is 3.06. The van der Waals surface area contributed by atoms with E-state index >= 15 is 0 Å². The standard InChI is InChI=1S/C14H14N6O2/c1-9-5-10(2)20(18-9)14-17-15-8-19(14)16-7-11-3-4-12(21)13(22)6-11/h3-8,21-22H,1-2H3. The lowest BCUT2D eigenvalue weighted by atomic mass is 10.2. The normalized spacial score (nSPS) is 11.4. The van der Waals surface area contributed by atoms with Crippen LogP contribution in [-0.4, -0.2) is 41.1 Å². The Labute approximate surface area is 126 Å². The molecule has 0 spiro atoms. The highest BCUT2D eigenvalue weighted by molar-refractivity contribution is 5.80. The second-order valence-corrected chi connectivity index (χ2v) is 4.81. The molecular formula is C14H14N6O2. The van der Waals surface area contributed by atoms with Gasteiger partial charge in [0.25, 0.3) is 5.95 Å². The number of hydrogen-bond acceptors (Lipinski definition) is 6. The van der Waals surface area contributed by atoms with Crippen molar-refractivity contribution in [2.24, 2.45) is 5.10 Å². The van der Waals surface area contributed by atoms with Crippen molar-refractivity contribution in [2.45, 2.75) is 13.8 Å². The van der Waals surface area contributed by atoms with Crippen LogP contribution in [0.4, 0.5) is 0 Å². The van der Waals surface area contributed by atoms with Crippen LogP contribution in [0.1, 0.15) is 17.0 Å². The van der Waals surface area contributed by atoms with Crippen molar-refractivity contribution in [3.8, 4) is 17.4 Å². The zero-order chi connectivity index (χ0) is 15.7. The van der Waals surface area contributed by atoms with Crippen LogP contribution >= 0.6 is 0 Å². The number of phenolic OH excluding ortho intramolecular Hbond substituents is 2. The summed E-state index contributed by atoms with van der Waals surface area (Å²) in [4.78, 5) is 0. The van der Waals surface area contributed by atoms with E-state index in [1.165, 1.54) is 29.4 Å². The molecule has 8 nitrogen and oxygen atoms in total. The molecule has 2 aromatic heterocycles. The molecular weight excluding hydrogens is 284 g/mol. The SMILES string of the molecule is Cc1cc(C)n(-c2nncn2N=Cc2ccc(O)c(O)c2)n1. The van der Waals surface area contributed by atoms with Crippen molar-refractivity contribution in [1.82, 2.24) is 24.7 Å². The summed E-state index contributed by atoms with van der Waals surface area (Å²) in [6.45, 7) is 3.81. The molecule has 2 heterocycles. The number of nitrogens with zero attached hydrogens (tertiary/aromatic N) is 6. The van der Waals surface area contributed by atoms with Crippen LogP contribution < -0.4 is 0 Å². The average molecular weight is 298 g/mol. The van der Waals surface area contributed by atoms with Gasteiger partial charge in [0, 0.05) is 5.69 Å². The lowest BCUT2D eigenvalue weighted by molar-refractivity contribution is 0.403. The van der Waals surface area contributed by atoms with Gasteiger partial charge in [-0.3, -0.25) is 0 Å². The first-order valence-corrected chi connectivity index (χ1v) is 6.54. The second-order valence-electron chi connectivity index (χ2n) is 4.81. The summed E-state index contributed by atoms with van der Waals surface area (Å²) in [5, 5.41) is 35.2. The molecule has 0 radical (unpaired) electrons. The Morgan fingerprint density at radius 1 is 1.14 bits per heavy atom. The smallest absolute Gasteiger partial charge is 0.273 e. The second kappa shape index (κ2) is 5.32. The molecule has 1 aromatic carbocycles. The number of phenols is 2. The number of benzene rings is 1. The van der Waals surface area contributed by atoms with Crippen molar-refractivity contribution < 1.29 is 10.2 Å². The predicted molar refractivity (Wildman–Crippen MR) is 79.4 cm³/mol. The van der Waals surface area contributed by atoms with Gasteiger partial charge in [0.1, 0.15) is 6.33 Å². The highest BCUT2D eigenvalue weighted by Gasteiger charge is 2.10. The minimum Gasteiger partial charge on any atom is -0.504 e. The Bertz CT molecular complexity index is 849. The van der Waals surface area contributed by atoms with Crippen LogP contribution in [0.3, 0.4) is 0 Å². The van der Waals surface area contributed by atoms with E-state index < -0.39 is 0 Å². The van der Waals surface area contributed by atoms with E-state index in [-0.39, 0.29) is 11.5 Å². The Morgan fingerprint density at radius 3 is 2.64 bits per heavy atom. The van der Waals surface area contributed by atoms with Crippen molar-refractivity contribution in [3.63, 3.8) is 0 Å². The van der Waals surface area contributed by atoms with E-state index in [1.807, 2.05) is 19.9 Å². The van der Waals surface area contributed by atoms with Gasteiger partial charge in [-0.1, -0.05) is 0 Å². The molecule has 0 fully saturated rings. The van der Waals surface area contributed by atoms with Crippen LogP contribution in [0.2, 0.25) is 0 Å². The van der Waals surface area contributed by atoms with Crippen molar-refractivity contribution in [1.29, 1.82) is 0 Å². The van der Waals surface area contributed by atoms with Crippen molar-refractivity contribution in [2.75, 3.05) is 0 Å². The van der Waals surface area contributed by atoms with Crippen LogP contribution in [0.5, 0.6) is 11.5 Å². The Hall–Kier alpha value is -3.16. The third-order valence-corrected chi connectivity index (χ3v) is 3.04. The van der Waals surface area contributed by atoms with Gasteiger partial charge in [-0.15, -0.1) is 10.2 Å². The van der Waals surface area contributed by atoms with E-state index in [0.717, 1.165) is 11.4 Å². The minimum absolute atomic E-state index is 0.176. The van der Waals surface area contributed by atoms with Crippen LogP contribution in [0.15, 0.2) is 35.7 Å². The van der Waals surface area contributed by atoms with E-state index in [2.05, 4.69) is 20.4 Å². The number of aromatic nitrogens is 5. The molecule has 8 heteroatoms. The summed E-state index contributed by atoms with van der Waals surface area (Å²) in [6, 6.07) is 6.36. The lowest BCUT2D eigenvalue weighted by Crippen LogP contribution is -2.06. The summed E-state index contributed by atoms with van der Waals surface area (Å²) < 4.78 is 3.12. The van der Waals surface area contributed by atoms with Gasteiger partial charge < -0.3 is 10.2 Å². The van der Waals surface area contributed by atoms with Gasteiger partial charge in [0.15, 0.2) is 11.5 Å². The molecule has 0 aliphatic carbocycles. The Balaban J connectivity index is 1.94. The number of hydrogen-bond donors (Lipinski definition) is 2. The zero-order valence-corrected chi connectivity index (χ0v) is 12.0. The van der Waals surface area contributed by atoms with Gasteiger partial charge in [0.05, 0.1) is 11.9 Å². The first kappa shape index (κ1) is 13.8. The molecule has 0 aliphatic rings. The monoisotopic (exact) mass is 298 g/mol. The fraction of sp³-hybridized carbons (Fsp3) is 0.143. The summed E-state index contributed by atoms with van der Waals surface area (Å²) in [7, 11) is 0. The number of aryl methyl sites for hydroxylation is 2. The van der Waals surface area contributed by atoms with E-state index in [9.17, 15) is 10.2 Å². The van der Waals surface area contributed by atoms with Gasteiger partial charge in [-0.2, -0.15) is 14.9 Å². The largest absolute Gasteiger partial charge is 0.504 e. The molecule has 0 saturated carbocycles. The summed E-state index contributed by atoms with van der Waals surface area (Å²) in [6.07, 6.45) is 2.99. The van der Waals surface area contributed by atoms with Crippen LogP contribution in [0, 0.1) is 13.8 Å².